The van der Waals surface area contributed by atoms with E-state index in [0.29, 0.717) is 0 Å². The molecule has 21 nitrogen and oxygen atoms in total. The van der Waals surface area contributed by atoms with Gasteiger partial charge in [-0.3, -0.25) is 18.4 Å². The first-order valence-electron chi connectivity index (χ1n) is 13.2. The maximum atomic E-state index is 12.6. The summed E-state index contributed by atoms with van der Waals surface area (Å²) in [5, 5.41) is 42.7. The third-order valence-electron chi connectivity index (χ3n) is 7.29. The molecule has 0 spiro atoms. The number of nitrogen functional groups attached to an aromatic ring is 1. The molecule has 3 aromatic rings. The summed E-state index contributed by atoms with van der Waals surface area (Å²) < 4.78 is 52.5. The number of imidazole rings is 1. The first-order chi connectivity index (χ1) is 21.6. The van der Waals surface area contributed by atoms with Crippen molar-refractivity contribution in [2.75, 3.05) is 18.9 Å². The summed E-state index contributed by atoms with van der Waals surface area (Å²) in [6, 6.07) is 2.81. The van der Waals surface area contributed by atoms with Gasteiger partial charge in [-0.25, -0.2) is 24.1 Å². The maximum absolute atomic E-state index is 12.6. The second kappa shape index (κ2) is 12.7. The highest BCUT2D eigenvalue weighted by Gasteiger charge is 2.58. The lowest BCUT2D eigenvalue weighted by Gasteiger charge is -2.26. The smallest absolute Gasteiger partial charge is 0.387 e. The lowest BCUT2D eigenvalue weighted by Crippen LogP contribution is -2.51. The average Bonchev–Trinajstić information content (AvgIpc) is 3.63. The molecule has 2 aliphatic rings. The van der Waals surface area contributed by atoms with E-state index in [1.807, 2.05) is 0 Å². The Bertz CT molecular complexity index is 1730. The number of aliphatic hydroxyl groups is 4. The van der Waals surface area contributed by atoms with Crippen LogP contribution >= 0.6 is 15.6 Å². The number of hydrogen-bond acceptors (Lipinski definition) is 16. The second-order valence-corrected chi connectivity index (χ2v) is 13.2. The summed E-state index contributed by atoms with van der Waals surface area (Å²) in [5.41, 5.74) is 9.15. The van der Waals surface area contributed by atoms with Gasteiger partial charge < -0.3 is 51.2 Å². The number of carbonyl (C=O) groups excluding carboxylic acids is 1. The first-order valence-corrected chi connectivity index (χ1v) is 16.2. The fourth-order valence-corrected chi connectivity index (χ4v) is 6.96. The fraction of sp³-hybridized carbons (Fsp3) is 0.435. The fourth-order valence-electron chi connectivity index (χ4n) is 4.89. The van der Waals surface area contributed by atoms with Gasteiger partial charge in [0.15, 0.2) is 36.2 Å². The number of pyridine rings is 1. The number of aromatic nitrogens is 5. The lowest BCUT2D eigenvalue weighted by atomic mass is 9.92. The van der Waals surface area contributed by atoms with Crippen molar-refractivity contribution in [3.05, 3.63) is 55.4 Å². The van der Waals surface area contributed by atoms with E-state index in [1.165, 1.54) is 40.0 Å². The van der Waals surface area contributed by atoms with Crippen LogP contribution in [0.3, 0.4) is 0 Å². The molecule has 23 heteroatoms. The Balaban J connectivity index is 1.20. The topological polar surface area (TPSA) is 318 Å². The number of nitrogens with zero attached hydrogens (tertiary/aromatic N) is 5. The Morgan fingerprint density at radius 1 is 1.13 bits per heavy atom. The molecular formula is C23H30N7O14P2+. The van der Waals surface area contributed by atoms with Crippen LogP contribution in [0, 0.1) is 0 Å². The van der Waals surface area contributed by atoms with Crippen molar-refractivity contribution < 1.29 is 71.5 Å². The molecular weight excluding hydrogens is 660 g/mol. The highest BCUT2D eigenvalue weighted by molar-refractivity contribution is 7.61. The molecule has 2 saturated heterocycles. The predicted octanol–water partition coefficient (Wildman–Crippen LogP) is -2.46. The van der Waals surface area contributed by atoms with E-state index in [4.69, 9.17) is 30.0 Å². The number of hydrogen-bond donors (Lipinski definition) is 8. The SMILES string of the molecule is C=C[C@@]1(O)[C@@H](COP(=O)(O)OP(=O)(O)OC[C@H]2O[C@@H](n3cnc4c(N)ncnc43)[C@H](O)[C@@H]2O)O[C@@H]([n+]2cccc(C(N)=O)c2)[C@@H]1O. The van der Waals surface area contributed by atoms with Gasteiger partial charge in [0.05, 0.1) is 19.5 Å². The standard InChI is InChI=1S/C23H29N7O14P2/c1-2-23(35)13(43-22(17(23)33)29-5-3-4-11(6-29)19(25)34)8-41-46(38,39)44-45(36,37)40-7-12-15(31)16(32)21(42-12)30-10-28-14-18(24)26-9-27-20(14)30/h2-6,9-10,12-13,15-17,21-22,31-33,35H,1,7-8H2,(H5-,24,25,26,27,34,36,37,38,39)/p+1/t12-,13-,15-,16-,17+,21-,22-,23-/m1/s1. The Hall–Kier alpha value is -3.27. The Kier molecular flexibility index (Phi) is 9.43. The van der Waals surface area contributed by atoms with E-state index in [2.05, 4.69) is 25.8 Å². The Morgan fingerprint density at radius 3 is 2.50 bits per heavy atom. The molecule has 10 N–H and O–H groups in total. The summed E-state index contributed by atoms with van der Waals surface area (Å²) in [7, 11) is -10.9. The van der Waals surface area contributed by atoms with E-state index < -0.39 is 83.3 Å². The van der Waals surface area contributed by atoms with Crippen LogP contribution in [-0.4, -0.2) is 105 Å². The minimum atomic E-state index is -5.44. The van der Waals surface area contributed by atoms with Crippen LogP contribution in [-0.2, 0) is 32.0 Å². The summed E-state index contributed by atoms with van der Waals surface area (Å²) in [4.78, 5) is 43.6. The van der Waals surface area contributed by atoms with Crippen molar-refractivity contribution in [1.29, 1.82) is 0 Å². The van der Waals surface area contributed by atoms with Crippen LogP contribution < -0.4 is 16.0 Å². The number of amides is 1. The zero-order chi connectivity index (χ0) is 33.6. The van der Waals surface area contributed by atoms with Crippen molar-refractivity contribution in [2.24, 2.45) is 5.73 Å². The third kappa shape index (κ3) is 6.60. The molecule has 10 atom stereocenters. The van der Waals surface area contributed by atoms with Crippen molar-refractivity contribution in [3.8, 4) is 0 Å². The van der Waals surface area contributed by atoms with Gasteiger partial charge in [0.25, 0.3) is 12.1 Å². The van der Waals surface area contributed by atoms with Crippen molar-refractivity contribution in [3.63, 3.8) is 0 Å². The molecule has 0 aromatic carbocycles. The molecule has 3 aromatic heterocycles. The molecule has 46 heavy (non-hydrogen) atoms. The molecule has 0 aliphatic carbocycles. The zero-order valence-corrected chi connectivity index (χ0v) is 25.2. The number of fused-ring (bicyclic) bond motifs is 1. The molecule has 5 rings (SSSR count). The van der Waals surface area contributed by atoms with Crippen molar-refractivity contribution in [2.45, 2.75) is 48.6 Å². The normalized spacial score (nSPS) is 32.3. The van der Waals surface area contributed by atoms with Gasteiger partial charge >= 0.3 is 15.6 Å². The summed E-state index contributed by atoms with van der Waals surface area (Å²) in [6.45, 7) is 1.55. The van der Waals surface area contributed by atoms with Gasteiger partial charge in [-0.15, -0.1) is 6.58 Å². The minimum Gasteiger partial charge on any atom is -0.387 e. The maximum Gasteiger partial charge on any atom is 0.481 e. The average molecular weight is 690 g/mol. The van der Waals surface area contributed by atoms with Crippen molar-refractivity contribution >= 4 is 38.5 Å². The van der Waals surface area contributed by atoms with Crippen LogP contribution in [0.5, 0.6) is 0 Å². The molecule has 2 unspecified atom stereocenters. The van der Waals surface area contributed by atoms with Crippen LogP contribution in [0.15, 0.2) is 49.8 Å². The number of anilines is 1. The lowest BCUT2D eigenvalue weighted by molar-refractivity contribution is -0.766. The number of primary amides is 1. The number of carbonyl (C=O) groups is 1. The molecule has 0 saturated carbocycles. The Morgan fingerprint density at radius 2 is 1.83 bits per heavy atom. The highest BCUT2D eigenvalue weighted by atomic mass is 31.3. The van der Waals surface area contributed by atoms with Gasteiger partial charge in [-0.1, -0.05) is 6.08 Å². The van der Waals surface area contributed by atoms with Crippen LogP contribution in [0.25, 0.3) is 11.2 Å². The zero-order valence-electron chi connectivity index (χ0n) is 23.4. The van der Waals surface area contributed by atoms with E-state index in [9.17, 15) is 44.1 Å². The van der Waals surface area contributed by atoms with E-state index in [0.717, 1.165) is 12.4 Å². The van der Waals surface area contributed by atoms with Crippen LogP contribution in [0.4, 0.5) is 5.82 Å². The first kappa shape index (κ1) is 34.1. The van der Waals surface area contributed by atoms with E-state index in [1.54, 1.807) is 0 Å². The number of ether oxygens (including phenoxy) is 2. The number of rotatable bonds is 12. The summed E-state index contributed by atoms with van der Waals surface area (Å²) in [6.07, 6.45) is -4.80. The molecule has 0 radical (unpaired) electrons. The van der Waals surface area contributed by atoms with Crippen molar-refractivity contribution in [1.82, 2.24) is 19.5 Å². The monoisotopic (exact) mass is 690 g/mol. The Labute approximate surface area is 258 Å². The van der Waals surface area contributed by atoms with E-state index >= 15 is 0 Å². The molecule has 2 aliphatic heterocycles. The van der Waals surface area contributed by atoms with Gasteiger partial charge in [-0.2, -0.15) is 8.88 Å². The minimum absolute atomic E-state index is 0.0441. The number of aliphatic hydroxyl groups excluding tert-OH is 3. The van der Waals surface area contributed by atoms with Crippen LogP contribution in [0.1, 0.15) is 22.8 Å². The largest absolute Gasteiger partial charge is 0.481 e. The van der Waals surface area contributed by atoms with Crippen LogP contribution in [0.2, 0.25) is 0 Å². The number of nitrogens with two attached hydrogens (primary N) is 2. The predicted molar refractivity (Wildman–Crippen MR) is 149 cm³/mol. The highest BCUT2D eigenvalue weighted by Crippen LogP contribution is 2.61. The van der Waals surface area contributed by atoms with Gasteiger partial charge in [0.1, 0.15) is 47.4 Å². The second-order valence-electron chi connectivity index (χ2n) is 10.2. The number of phosphoric acid groups is 2. The molecule has 2 fully saturated rings. The molecule has 0 bridgehead atoms. The van der Waals surface area contributed by atoms with Gasteiger partial charge in [0, 0.05) is 6.07 Å². The van der Waals surface area contributed by atoms with Gasteiger partial charge in [0.2, 0.25) is 0 Å². The molecule has 1 amide bonds. The summed E-state index contributed by atoms with van der Waals surface area (Å²) >= 11 is 0. The van der Waals surface area contributed by atoms with Gasteiger partial charge in [-0.05, 0) is 6.07 Å². The third-order valence-corrected chi connectivity index (χ3v) is 9.89. The molecule has 250 valence electrons. The number of phosphoric ester groups is 2. The quantitative estimate of drug-likeness (QED) is 0.0555. The summed E-state index contributed by atoms with van der Waals surface area (Å²) in [5.74, 6) is -0.739. The molecule has 5 heterocycles. The van der Waals surface area contributed by atoms with E-state index in [-0.39, 0.29) is 22.5 Å².